The van der Waals surface area contributed by atoms with Gasteiger partial charge in [0.25, 0.3) is 0 Å². The lowest BCUT2D eigenvalue weighted by Gasteiger charge is -2.33. The number of benzene rings is 1. The van der Waals surface area contributed by atoms with Crippen LogP contribution >= 0.6 is 0 Å². The third-order valence-corrected chi connectivity index (χ3v) is 5.71. The Morgan fingerprint density at radius 3 is 2.33 bits per heavy atom. The first-order valence-electron chi connectivity index (χ1n) is 10.1. The summed E-state index contributed by atoms with van der Waals surface area (Å²) in [5.74, 6) is 3.22. The van der Waals surface area contributed by atoms with Gasteiger partial charge in [0.2, 0.25) is 5.75 Å². The molecule has 0 bridgehead atoms. The summed E-state index contributed by atoms with van der Waals surface area (Å²) in [5.41, 5.74) is 2.01. The number of methoxy groups -OCH3 is 3. The summed E-state index contributed by atoms with van der Waals surface area (Å²) in [6.07, 6.45) is 4.81. The molecule has 1 aliphatic rings. The molecule has 3 heterocycles. The number of rotatable bonds is 6. The van der Waals surface area contributed by atoms with Crippen LogP contribution in [0.4, 0.5) is 5.82 Å². The lowest BCUT2D eigenvalue weighted by atomic mass is 9.92. The molecule has 8 nitrogen and oxygen atoms in total. The molecule has 0 atom stereocenters. The van der Waals surface area contributed by atoms with E-state index in [9.17, 15) is 0 Å². The van der Waals surface area contributed by atoms with Crippen LogP contribution in [0.3, 0.4) is 0 Å². The van der Waals surface area contributed by atoms with Gasteiger partial charge in [-0.05, 0) is 50.3 Å². The van der Waals surface area contributed by atoms with Gasteiger partial charge in [-0.3, -0.25) is 0 Å². The second-order valence-corrected chi connectivity index (χ2v) is 7.58. The van der Waals surface area contributed by atoms with Gasteiger partial charge in [0, 0.05) is 18.5 Å². The smallest absolute Gasteiger partial charge is 0.204 e. The predicted octanol–water partition coefficient (Wildman–Crippen LogP) is 3.21. The molecule has 0 spiro atoms. The number of nitrogens with zero attached hydrogens (tertiary/aromatic N) is 5. The van der Waals surface area contributed by atoms with Crippen LogP contribution < -0.4 is 19.1 Å². The van der Waals surface area contributed by atoms with Crippen molar-refractivity contribution in [2.45, 2.75) is 26.2 Å². The van der Waals surface area contributed by atoms with Crippen LogP contribution in [0, 0.1) is 12.8 Å². The quantitative estimate of drug-likeness (QED) is 0.614. The summed E-state index contributed by atoms with van der Waals surface area (Å²) in [7, 11) is 4.85. The molecule has 2 aromatic heterocycles. The van der Waals surface area contributed by atoms with Gasteiger partial charge in [-0.25, -0.2) is 0 Å². The molecule has 0 unspecified atom stereocenters. The van der Waals surface area contributed by atoms with Crippen molar-refractivity contribution in [1.82, 2.24) is 20.4 Å². The summed E-state index contributed by atoms with van der Waals surface area (Å²) >= 11 is 0. The van der Waals surface area contributed by atoms with Crippen molar-refractivity contribution in [1.29, 1.82) is 0 Å². The van der Waals surface area contributed by atoms with E-state index >= 15 is 0 Å². The summed E-state index contributed by atoms with van der Waals surface area (Å²) in [6.45, 7) is 3.78. The standard InChI is InChI=1S/C22H27N5O3/c1-14-5-6-16(25-24-14)11-15-7-9-27(10-8-15)22-17-12-19(28-2)21(30-4)20(29-3)18(17)13-23-26-22/h5-6,12-13,15H,7-11H2,1-4H3. The zero-order valence-corrected chi connectivity index (χ0v) is 17.9. The third-order valence-electron chi connectivity index (χ3n) is 5.71. The maximum absolute atomic E-state index is 5.62. The van der Waals surface area contributed by atoms with E-state index in [1.165, 1.54) is 0 Å². The fraction of sp³-hybridized carbons (Fsp3) is 0.455. The number of hydrogen-bond acceptors (Lipinski definition) is 8. The predicted molar refractivity (Wildman–Crippen MR) is 115 cm³/mol. The van der Waals surface area contributed by atoms with Gasteiger partial charge < -0.3 is 19.1 Å². The van der Waals surface area contributed by atoms with E-state index in [0.29, 0.717) is 23.2 Å². The Balaban J connectivity index is 1.57. The highest BCUT2D eigenvalue weighted by Gasteiger charge is 2.25. The SMILES string of the molecule is COc1cc2c(N3CCC(Cc4ccc(C)nn4)CC3)nncc2c(OC)c1OC. The molecule has 1 aromatic carbocycles. The maximum Gasteiger partial charge on any atom is 0.204 e. The first-order valence-corrected chi connectivity index (χ1v) is 10.1. The fourth-order valence-electron chi connectivity index (χ4n) is 4.10. The second-order valence-electron chi connectivity index (χ2n) is 7.58. The first-order chi connectivity index (χ1) is 14.6. The number of hydrogen-bond donors (Lipinski definition) is 0. The highest BCUT2D eigenvalue weighted by Crippen LogP contribution is 2.45. The minimum atomic E-state index is 0.560. The lowest BCUT2D eigenvalue weighted by molar-refractivity contribution is 0.327. The molecular weight excluding hydrogens is 382 g/mol. The Bertz CT molecular complexity index is 1020. The van der Waals surface area contributed by atoms with Crippen LogP contribution in [0.2, 0.25) is 0 Å². The lowest BCUT2D eigenvalue weighted by Crippen LogP contribution is -2.35. The highest BCUT2D eigenvalue weighted by atomic mass is 16.5. The molecule has 0 N–H and O–H groups in total. The zero-order chi connectivity index (χ0) is 21.1. The van der Waals surface area contributed by atoms with E-state index in [-0.39, 0.29) is 0 Å². The molecule has 4 rings (SSSR count). The van der Waals surface area contributed by atoms with Crippen molar-refractivity contribution in [3.63, 3.8) is 0 Å². The second kappa shape index (κ2) is 8.69. The zero-order valence-electron chi connectivity index (χ0n) is 17.9. The number of aromatic nitrogens is 4. The highest BCUT2D eigenvalue weighted by molar-refractivity contribution is 5.99. The number of anilines is 1. The molecule has 3 aromatic rings. The van der Waals surface area contributed by atoms with Gasteiger partial charge in [0.1, 0.15) is 0 Å². The van der Waals surface area contributed by atoms with E-state index in [1.807, 2.05) is 19.1 Å². The molecule has 0 saturated carbocycles. The number of ether oxygens (including phenoxy) is 3. The van der Waals surface area contributed by atoms with E-state index in [4.69, 9.17) is 14.2 Å². The average molecular weight is 409 g/mol. The summed E-state index contributed by atoms with van der Waals surface area (Å²) in [5, 5.41) is 19.0. The Morgan fingerprint density at radius 1 is 0.933 bits per heavy atom. The molecule has 30 heavy (non-hydrogen) atoms. The van der Waals surface area contributed by atoms with Crippen LogP contribution in [-0.2, 0) is 6.42 Å². The molecule has 1 aliphatic heterocycles. The van der Waals surface area contributed by atoms with Gasteiger partial charge in [-0.1, -0.05) is 0 Å². The van der Waals surface area contributed by atoms with Crippen molar-refractivity contribution >= 4 is 16.6 Å². The molecule has 0 amide bonds. The van der Waals surface area contributed by atoms with E-state index in [0.717, 1.165) is 60.3 Å². The number of aryl methyl sites for hydroxylation is 1. The fourth-order valence-corrected chi connectivity index (χ4v) is 4.10. The topological polar surface area (TPSA) is 82.5 Å². The molecule has 158 valence electrons. The Hall–Kier alpha value is -3.16. The Morgan fingerprint density at radius 2 is 1.70 bits per heavy atom. The van der Waals surface area contributed by atoms with E-state index in [1.54, 1.807) is 27.5 Å². The summed E-state index contributed by atoms with van der Waals surface area (Å²) < 4.78 is 16.7. The monoisotopic (exact) mass is 409 g/mol. The van der Waals surface area contributed by atoms with E-state index < -0.39 is 0 Å². The van der Waals surface area contributed by atoms with Gasteiger partial charge in [0.15, 0.2) is 17.3 Å². The molecule has 8 heteroatoms. The van der Waals surface area contributed by atoms with Crippen LogP contribution in [-0.4, -0.2) is 54.8 Å². The first kappa shape index (κ1) is 20.1. The Kier molecular flexibility index (Phi) is 5.83. The molecular formula is C22H27N5O3. The number of piperidine rings is 1. The summed E-state index contributed by atoms with van der Waals surface area (Å²) in [4.78, 5) is 2.29. The van der Waals surface area contributed by atoms with Crippen LogP contribution in [0.25, 0.3) is 10.8 Å². The summed E-state index contributed by atoms with van der Waals surface area (Å²) in [6, 6.07) is 6.06. The molecule has 1 saturated heterocycles. The average Bonchev–Trinajstić information content (AvgIpc) is 2.79. The van der Waals surface area contributed by atoms with E-state index in [2.05, 4.69) is 31.4 Å². The minimum absolute atomic E-state index is 0.560. The Labute approximate surface area is 176 Å². The molecule has 0 aliphatic carbocycles. The van der Waals surface area contributed by atoms with Crippen molar-refractivity contribution < 1.29 is 14.2 Å². The van der Waals surface area contributed by atoms with Gasteiger partial charge in [-0.15, -0.1) is 5.10 Å². The van der Waals surface area contributed by atoms with Crippen molar-refractivity contribution in [2.75, 3.05) is 39.3 Å². The normalized spacial score (nSPS) is 14.7. The third kappa shape index (κ3) is 3.81. The van der Waals surface area contributed by atoms with Crippen LogP contribution in [0.1, 0.15) is 24.2 Å². The van der Waals surface area contributed by atoms with Gasteiger partial charge in [0.05, 0.1) is 44.3 Å². The maximum atomic E-state index is 5.62. The minimum Gasteiger partial charge on any atom is -0.493 e. The molecule has 1 fully saturated rings. The largest absolute Gasteiger partial charge is 0.493 e. The van der Waals surface area contributed by atoms with Crippen molar-refractivity contribution in [3.8, 4) is 17.2 Å². The van der Waals surface area contributed by atoms with Gasteiger partial charge >= 0.3 is 0 Å². The van der Waals surface area contributed by atoms with Crippen LogP contribution in [0.5, 0.6) is 17.2 Å². The molecule has 0 radical (unpaired) electrons. The van der Waals surface area contributed by atoms with Gasteiger partial charge in [-0.2, -0.15) is 15.3 Å². The van der Waals surface area contributed by atoms with Crippen LogP contribution in [0.15, 0.2) is 24.4 Å². The van der Waals surface area contributed by atoms with Crippen molar-refractivity contribution in [2.24, 2.45) is 5.92 Å². The number of fused-ring (bicyclic) bond motifs is 1. The van der Waals surface area contributed by atoms with Crippen molar-refractivity contribution in [3.05, 3.63) is 35.8 Å².